The van der Waals surface area contributed by atoms with E-state index in [-0.39, 0.29) is 12.5 Å². The van der Waals surface area contributed by atoms with Crippen LogP contribution in [0, 0.1) is 0 Å². The second-order valence-electron chi connectivity index (χ2n) is 3.49. The van der Waals surface area contributed by atoms with Gasteiger partial charge in [0.05, 0.1) is 16.8 Å². The highest BCUT2D eigenvalue weighted by Crippen LogP contribution is 2.37. The van der Waals surface area contributed by atoms with Gasteiger partial charge in [0.15, 0.2) is 0 Å². The van der Waals surface area contributed by atoms with Crippen molar-refractivity contribution in [1.29, 1.82) is 0 Å². The number of fused-ring (bicyclic) bond motifs is 1. The Bertz CT molecular complexity index is 343. The summed E-state index contributed by atoms with van der Waals surface area (Å²) in [5.41, 5.74) is 7.44. The molecule has 76 valence electrons. The number of halogens is 1. The van der Waals surface area contributed by atoms with Crippen molar-refractivity contribution in [3.05, 3.63) is 28.8 Å². The normalized spacial score (nSPS) is 21.5. The third-order valence-corrected chi connectivity index (χ3v) is 2.96. The number of anilines is 1. The molecule has 0 amide bonds. The molecule has 0 saturated heterocycles. The summed E-state index contributed by atoms with van der Waals surface area (Å²) in [4.78, 5) is 0. The molecule has 2 rings (SSSR count). The summed E-state index contributed by atoms with van der Waals surface area (Å²) in [6, 6.07) is 5.71. The van der Waals surface area contributed by atoms with Crippen LogP contribution in [-0.2, 0) is 0 Å². The molecule has 4 heteroatoms. The first kappa shape index (κ1) is 9.77. The highest BCUT2D eigenvalue weighted by molar-refractivity contribution is 6.33. The fourth-order valence-electron chi connectivity index (χ4n) is 1.87. The number of aliphatic hydroxyl groups is 1. The third kappa shape index (κ3) is 1.47. The van der Waals surface area contributed by atoms with Gasteiger partial charge in [-0.3, -0.25) is 0 Å². The zero-order chi connectivity index (χ0) is 10.1. The lowest BCUT2D eigenvalue weighted by Crippen LogP contribution is -2.28. The number of nitrogens with two attached hydrogens (primary N) is 1. The Morgan fingerprint density at radius 1 is 1.64 bits per heavy atom. The molecule has 0 fully saturated rings. The first-order valence-electron chi connectivity index (χ1n) is 4.64. The van der Waals surface area contributed by atoms with Crippen molar-refractivity contribution in [2.75, 3.05) is 18.4 Å². The molecular weight excluding hydrogens is 200 g/mol. The maximum Gasteiger partial charge on any atom is 0.0748 e. The molecule has 0 radical (unpaired) electrons. The maximum absolute atomic E-state index is 9.69. The lowest BCUT2D eigenvalue weighted by Gasteiger charge is -2.15. The summed E-state index contributed by atoms with van der Waals surface area (Å²) in [5, 5.41) is 13.6. The number of rotatable bonds is 2. The molecule has 3 nitrogen and oxygen atoms in total. The van der Waals surface area contributed by atoms with Gasteiger partial charge in [0.1, 0.15) is 0 Å². The lowest BCUT2D eigenvalue weighted by atomic mass is 9.95. The molecule has 0 aliphatic carbocycles. The molecule has 4 N–H and O–H groups in total. The van der Waals surface area contributed by atoms with Crippen molar-refractivity contribution in [3.63, 3.8) is 0 Å². The van der Waals surface area contributed by atoms with Gasteiger partial charge in [0.25, 0.3) is 0 Å². The quantitative estimate of drug-likeness (QED) is 0.690. The van der Waals surface area contributed by atoms with Gasteiger partial charge in [-0.1, -0.05) is 23.7 Å². The molecule has 14 heavy (non-hydrogen) atoms. The van der Waals surface area contributed by atoms with Crippen LogP contribution in [0.5, 0.6) is 0 Å². The highest BCUT2D eigenvalue weighted by Gasteiger charge is 2.28. The molecule has 1 aliphatic rings. The minimum atomic E-state index is -0.498. The van der Waals surface area contributed by atoms with Crippen molar-refractivity contribution in [1.82, 2.24) is 0 Å². The molecule has 0 aromatic heterocycles. The summed E-state index contributed by atoms with van der Waals surface area (Å²) in [6.07, 6.45) is -0.498. The first-order valence-corrected chi connectivity index (χ1v) is 5.02. The van der Waals surface area contributed by atoms with E-state index in [0.29, 0.717) is 11.6 Å². The number of nitrogens with one attached hydrogen (secondary N) is 1. The highest BCUT2D eigenvalue weighted by atomic mass is 35.5. The van der Waals surface area contributed by atoms with Gasteiger partial charge in [-0.05, 0) is 11.6 Å². The minimum Gasteiger partial charge on any atom is -0.391 e. The van der Waals surface area contributed by atoms with E-state index >= 15 is 0 Å². The molecule has 1 aliphatic heterocycles. The SMILES string of the molecule is NCC(O)C1CNc2c(Cl)cccc21. The number of hydrogen-bond acceptors (Lipinski definition) is 3. The Morgan fingerprint density at radius 2 is 2.43 bits per heavy atom. The fraction of sp³-hybridized carbons (Fsp3) is 0.400. The summed E-state index contributed by atoms with van der Waals surface area (Å²) in [7, 11) is 0. The first-order chi connectivity index (χ1) is 6.74. The van der Waals surface area contributed by atoms with E-state index in [1.165, 1.54) is 0 Å². The molecule has 2 atom stereocenters. The average molecular weight is 213 g/mol. The summed E-state index contributed by atoms with van der Waals surface area (Å²) in [5.74, 6) is 0.0636. The maximum atomic E-state index is 9.69. The third-order valence-electron chi connectivity index (χ3n) is 2.65. The second kappa shape index (κ2) is 3.77. The van der Waals surface area contributed by atoms with Crippen LogP contribution in [0.3, 0.4) is 0 Å². The van der Waals surface area contributed by atoms with Crippen LogP contribution in [0.1, 0.15) is 11.5 Å². The van der Waals surface area contributed by atoms with Crippen LogP contribution in [0.25, 0.3) is 0 Å². The van der Waals surface area contributed by atoms with E-state index < -0.39 is 6.10 Å². The van der Waals surface area contributed by atoms with Gasteiger partial charge in [0, 0.05) is 19.0 Å². The van der Waals surface area contributed by atoms with Gasteiger partial charge >= 0.3 is 0 Å². The molecular formula is C10H13ClN2O. The predicted molar refractivity (Wildman–Crippen MR) is 57.7 cm³/mol. The lowest BCUT2D eigenvalue weighted by molar-refractivity contribution is 0.158. The number of hydrogen-bond donors (Lipinski definition) is 3. The van der Waals surface area contributed by atoms with Gasteiger partial charge < -0.3 is 16.2 Å². The van der Waals surface area contributed by atoms with Crippen LogP contribution in [0.4, 0.5) is 5.69 Å². The Balaban J connectivity index is 2.35. The van der Waals surface area contributed by atoms with Crippen molar-refractivity contribution in [3.8, 4) is 0 Å². The van der Waals surface area contributed by atoms with Crippen molar-refractivity contribution in [2.45, 2.75) is 12.0 Å². The number of benzene rings is 1. The zero-order valence-corrected chi connectivity index (χ0v) is 8.46. The smallest absolute Gasteiger partial charge is 0.0748 e. The molecule has 2 unspecified atom stereocenters. The zero-order valence-electron chi connectivity index (χ0n) is 7.70. The van der Waals surface area contributed by atoms with Crippen molar-refractivity contribution < 1.29 is 5.11 Å². The monoisotopic (exact) mass is 212 g/mol. The van der Waals surface area contributed by atoms with Gasteiger partial charge in [0.2, 0.25) is 0 Å². The van der Waals surface area contributed by atoms with E-state index in [9.17, 15) is 5.11 Å². The summed E-state index contributed by atoms with van der Waals surface area (Å²) < 4.78 is 0. The molecule has 1 aromatic carbocycles. The largest absolute Gasteiger partial charge is 0.391 e. The molecule has 0 bridgehead atoms. The van der Waals surface area contributed by atoms with E-state index in [0.717, 1.165) is 11.3 Å². The van der Waals surface area contributed by atoms with Crippen LogP contribution in [0.15, 0.2) is 18.2 Å². The van der Waals surface area contributed by atoms with Crippen molar-refractivity contribution >= 4 is 17.3 Å². The van der Waals surface area contributed by atoms with Crippen molar-refractivity contribution in [2.24, 2.45) is 5.73 Å². The molecule has 0 spiro atoms. The van der Waals surface area contributed by atoms with Crippen LogP contribution >= 0.6 is 11.6 Å². The Hall–Kier alpha value is -0.770. The van der Waals surface area contributed by atoms with Gasteiger partial charge in [-0.25, -0.2) is 0 Å². The van der Waals surface area contributed by atoms with Crippen LogP contribution < -0.4 is 11.1 Å². The van der Waals surface area contributed by atoms with E-state index in [1.807, 2.05) is 18.2 Å². The Morgan fingerprint density at radius 3 is 3.14 bits per heavy atom. The average Bonchev–Trinajstić information content (AvgIpc) is 2.62. The van der Waals surface area contributed by atoms with E-state index in [4.69, 9.17) is 17.3 Å². The van der Waals surface area contributed by atoms with Gasteiger partial charge in [-0.15, -0.1) is 0 Å². The molecule has 1 heterocycles. The molecule has 0 saturated carbocycles. The number of para-hydroxylation sites is 1. The Labute approximate surface area is 87.9 Å². The van der Waals surface area contributed by atoms with Crippen LogP contribution in [-0.4, -0.2) is 24.3 Å². The molecule has 1 aromatic rings. The minimum absolute atomic E-state index is 0.0636. The summed E-state index contributed by atoms with van der Waals surface area (Å²) in [6.45, 7) is 0.982. The van der Waals surface area contributed by atoms with E-state index in [2.05, 4.69) is 5.32 Å². The van der Waals surface area contributed by atoms with Crippen LogP contribution in [0.2, 0.25) is 5.02 Å². The number of aliphatic hydroxyl groups excluding tert-OH is 1. The second-order valence-corrected chi connectivity index (χ2v) is 3.90. The standard InChI is InChI=1S/C10H13ClN2O/c11-8-3-1-2-6-7(9(14)4-12)5-13-10(6)8/h1-3,7,9,13-14H,4-5,12H2. The van der Waals surface area contributed by atoms with Gasteiger partial charge in [-0.2, -0.15) is 0 Å². The summed E-state index contributed by atoms with van der Waals surface area (Å²) >= 11 is 6.01. The topological polar surface area (TPSA) is 58.3 Å². The Kier molecular flexibility index (Phi) is 2.63. The van der Waals surface area contributed by atoms with E-state index in [1.54, 1.807) is 0 Å². The predicted octanol–water partition coefficient (Wildman–Crippen LogP) is 1.17. The fourth-order valence-corrected chi connectivity index (χ4v) is 2.11.